The summed E-state index contributed by atoms with van der Waals surface area (Å²) < 4.78 is 39.1. The number of benzene rings is 1. The maximum absolute atomic E-state index is 13.0. The summed E-state index contributed by atoms with van der Waals surface area (Å²) in [5.74, 6) is -0.377. The summed E-state index contributed by atoms with van der Waals surface area (Å²) >= 11 is 0. The number of alkyl halides is 3. The van der Waals surface area contributed by atoms with Crippen LogP contribution in [0.4, 0.5) is 18.9 Å². The molecular formula is C14H14F3NO. The fourth-order valence-corrected chi connectivity index (χ4v) is 2.36. The fraction of sp³-hybridized carbons (Fsp3) is 0.357. The molecule has 1 atom stereocenters. The van der Waals surface area contributed by atoms with E-state index in [1.54, 1.807) is 19.1 Å². The van der Waals surface area contributed by atoms with Gasteiger partial charge in [-0.25, -0.2) is 0 Å². The first kappa shape index (κ1) is 13.6. The van der Waals surface area contributed by atoms with Gasteiger partial charge >= 0.3 is 6.18 Å². The number of rotatable bonds is 2. The van der Waals surface area contributed by atoms with Crippen LogP contribution in [0.3, 0.4) is 0 Å². The highest BCUT2D eigenvalue weighted by Crippen LogP contribution is 2.40. The molecule has 0 aromatic heterocycles. The third kappa shape index (κ3) is 2.50. The number of hydrogen-bond acceptors (Lipinski definition) is 1. The zero-order chi connectivity index (χ0) is 14.2. The molecule has 0 saturated carbocycles. The van der Waals surface area contributed by atoms with E-state index in [-0.39, 0.29) is 30.5 Å². The van der Waals surface area contributed by atoms with Crippen LogP contribution in [-0.2, 0) is 11.0 Å². The van der Waals surface area contributed by atoms with Crippen molar-refractivity contribution >= 4 is 11.6 Å². The van der Waals surface area contributed by atoms with E-state index in [1.807, 2.05) is 0 Å². The number of halogens is 3. The van der Waals surface area contributed by atoms with Gasteiger partial charge in [0.2, 0.25) is 5.91 Å². The molecule has 0 bridgehead atoms. The van der Waals surface area contributed by atoms with Gasteiger partial charge in [0.1, 0.15) is 0 Å². The lowest BCUT2D eigenvalue weighted by atomic mass is 10.1. The van der Waals surface area contributed by atoms with Crippen LogP contribution in [0.15, 0.2) is 30.9 Å². The molecule has 0 N–H and O–H groups in total. The van der Waals surface area contributed by atoms with Gasteiger partial charge in [-0.15, -0.1) is 6.58 Å². The van der Waals surface area contributed by atoms with Gasteiger partial charge in [0, 0.05) is 18.9 Å². The molecule has 1 aromatic carbocycles. The topological polar surface area (TPSA) is 20.3 Å². The molecule has 1 unspecified atom stereocenters. The van der Waals surface area contributed by atoms with Gasteiger partial charge in [-0.2, -0.15) is 13.2 Å². The summed E-state index contributed by atoms with van der Waals surface area (Å²) in [6.07, 6.45) is -2.63. The Labute approximate surface area is 109 Å². The summed E-state index contributed by atoms with van der Waals surface area (Å²) in [6.45, 7) is 5.44. The number of aryl methyl sites for hydroxylation is 1. The average molecular weight is 269 g/mol. The van der Waals surface area contributed by atoms with Gasteiger partial charge in [0.25, 0.3) is 0 Å². The first-order valence-corrected chi connectivity index (χ1v) is 5.94. The second-order valence-corrected chi connectivity index (χ2v) is 4.67. The van der Waals surface area contributed by atoms with Crippen molar-refractivity contribution in [2.45, 2.75) is 19.5 Å². The first-order chi connectivity index (χ1) is 8.84. The highest BCUT2D eigenvalue weighted by molar-refractivity contribution is 5.97. The molecule has 1 fully saturated rings. The van der Waals surface area contributed by atoms with Crippen LogP contribution in [0.1, 0.15) is 17.5 Å². The summed E-state index contributed by atoms with van der Waals surface area (Å²) in [4.78, 5) is 13.1. The van der Waals surface area contributed by atoms with Crippen molar-refractivity contribution in [2.75, 3.05) is 11.4 Å². The molecule has 1 amide bonds. The third-order valence-corrected chi connectivity index (χ3v) is 3.30. The molecule has 2 rings (SSSR count). The van der Waals surface area contributed by atoms with Crippen molar-refractivity contribution in [1.29, 1.82) is 0 Å². The number of amides is 1. The number of anilines is 1. The van der Waals surface area contributed by atoms with E-state index in [1.165, 1.54) is 11.0 Å². The monoisotopic (exact) mass is 269 g/mol. The zero-order valence-electron chi connectivity index (χ0n) is 10.5. The Hall–Kier alpha value is -1.78. The highest BCUT2D eigenvalue weighted by Gasteiger charge is 2.39. The quantitative estimate of drug-likeness (QED) is 0.752. The molecular weight excluding hydrogens is 255 g/mol. The molecule has 0 radical (unpaired) electrons. The number of carbonyl (C=O) groups excluding carboxylic acids is 1. The van der Waals surface area contributed by atoms with Gasteiger partial charge in [0.15, 0.2) is 0 Å². The second-order valence-electron chi connectivity index (χ2n) is 4.67. The lowest BCUT2D eigenvalue weighted by molar-refractivity contribution is -0.137. The predicted molar refractivity (Wildman–Crippen MR) is 66.8 cm³/mol. The molecule has 102 valence electrons. The molecule has 0 spiro atoms. The summed E-state index contributed by atoms with van der Waals surface area (Å²) in [6, 6.07) is 3.95. The number of para-hydroxylation sites is 1. The Morgan fingerprint density at radius 2 is 2.11 bits per heavy atom. The van der Waals surface area contributed by atoms with Crippen LogP contribution in [0.5, 0.6) is 0 Å². The predicted octanol–water partition coefficient (Wildman–Crippen LogP) is 3.55. The molecule has 5 heteroatoms. The lowest BCUT2D eigenvalue weighted by Gasteiger charge is -2.23. The van der Waals surface area contributed by atoms with Crippen LogP contribution in [0, 0.1) is 12.8 Å². The van der Waals surface area contributed by atoms with Crippen LogP contribution in [0.25, 0.3) is 0 Å². The minimum absolute atomic E-state index is 0.0237. The van der Waals surface area contributed by atoms with Gasteiger partial charge in [0.05, 0.1) is 11.3 Å². The minimum Gasteiger partial charge on any atom is -0.311 e. The molecule has 2 nitrogen and oxygen atoms in total. The third-order valence-electron chi connectivity index (χ3n) is 3.30. The molecule has 1 saturated heterocycles. The van der Waals surface area contributed by atoms with Gasteiger partial charge < -0.3 is 4.90 Å². The Morgan fingerprint density at radius 3 is 2.63 bits per heavy atom. The molecule has 1 aromatic rings. The van der Waals surface area contributed by atoms with Crippen molar-refractivity contribution in [1.82, 2.24) is 0 Å². The fourth-order valence-electron chi connectivity index (χ4n) is 2.36. The number of nitrogens with zero attached hydrogens (tertiary/aromatic N) is 1. The van der Waals surface area contributed by atoms with Crippen molar-refractivity contribution in [3.63, 3.8) is 0 Å². The van der Waals surface area contributed by atoms with Crippen molar-refractivity contribution in [2.24, 2.45) is 5.92 Å². The summed E-state index contributed by atoms with van der Waals surface area (Å²) in [5.41, 5.74) is -0.331. The Bertz CT molecular complexity index is 522. The standard InChI is InChI=1S/C14H14F3NO/c1-3-10-7-12(19)18(8-10)13-9(2)5-4-6-11(13)14(15,16)17/h3-6,10H,1,7-8H2,2H3. The zero-order valence-corrected chi connectivity index (χ0v) is 10.5. The average Bonchev–Trinajstić information content (AvgIpc) is 2.69. The number of hydrogen-bond donors (Lipinski definition) is 0. The van der Waals surface area contributed by atoms with E-state index < -0.39 is 11.7 Å². The van der Waals surface area contributed by atoms with E-state index in [0.717, 1.165) is 6.07 Å². The smallest absolute Gasteiger partial charge is 0.311 e. The normalized spacial score (nSPS) is 19.9. The summed E-state index contributed by atoms with van der Waals surface area (Å²) in [7, 11) is 0. The van der Waals surface area contributed by atoms with Gasteiger partial charge in [-0.05, 0) is 18.6 Å². The van der Waals surface area contributed by atoms with Crippen molar-refractivity contribution < 1.29 is 18.0 Å². The first-order valence-electron chi connectivity index (χ1n) is 5.94. The Balaban J connectivity index is 2.50. The second kappa shape index (κ2) is 4.72. The molecule has 1 heterocycles. The molecule has 19 heavy (non-hydrogen) atoms. The Morgan fingerprint density at radius 1 is 1.42 bits per heavy atom. The molecule has 0 aliphatic carbocycles. The van der Waals surface area contributed by atoms with Crippen LogP contribution < -0.4 is 4.90 Å². The molecule has 1 aliphatic rings. The van der Waals surface area contributed by atoms with E-state index in [9.17, 15) is 18.0 Å². The summed E-state index contributed by atoms with van der Waals surface area (Å²) in [5, 5.41) is 0. The SMILES string of the molecule is C=CC1CC(=O)N(c2c(C)cccc2C(F)(F)F)C1. The highest BCUT2D eigenvalue weighted by atomic mass is 19.4. The van der Waals surface area contributed by atoms with Crippen LogP contribution in [0.2, 0.25) is 0 Å². The molecule has 1 aliphatic heterocycles. The van der Waals surface area contributed by atoms with Crippen molar-refractivity contribution in [3.05, 3.63) is 42.0 Å². The lowest BCUT2D eigenvalue weighted by Crippen LogP contribution is -2.28. The maximum Gasteiger partial charge on any atom is 0.418 e. The van der Waals surface area contributed by atoms with E-state index in [0.29, 0.717) is 5.56 Å². The van der Waals surface area contributed by atoms with Crippen molar-refractivity contribution in [3.8, 4) is 0 Å². The van der Waals surface area contributed by atoms with E-state index in [4.69, 9.17) is 0 Å². The van der Waals surface area contributed by atoms with E-state index >= 15 is 0 Å². The largest absolute Gasteiger partial charge is 0.418 e. The Kier molecular flexibility index (Phi) is 3.39. The van der Waals surface area contributed by atoms with Crippen LogP contribution >= 0.6 is 0 Å². The maximum atomic E-state index is 13.0. The number of carbonyl (C=O) groups is 1. The van der Waals surface area contributed by atoms with Crippen LogP contribution in [-0.4, -0.2) is 12.5 Å². The van der Waals surface area contributed by atoms with Gasteiger partial charge in [-0.3, -0.25) is 4.79 Å². The van der Waals surface area contributed by atoms with Gasteiger partial charge in [-0.1, -0.05) is 18.2 Å². The van der Waals surface area contributed by atoms with E-state index in [2.05, 4.69) is 6.58 Å². The minimum atomic E-state index is -4.46.